The van der Waals surface area contributed by atoms with Crippen LogP contribution in [0.1, 0.15) is 13.3 Å². The summed E-state index contributed by atoms with van der Waals surface area (Å²) in [5.41, 5.74) is 0. The summed E-state index contributed by atoms with van der Waals surface area (Å²) >= 11 is 0. The number of hydrogen-bond donors (Lipinski definition) is 0. The van der Waals surface area contributed by atoms with Crippen LogP contribution in [-0.2, 0) is 4.79 Å². The van der Waals surface area contributed by atoms with E-state index in [1.165, 1.54) is 6.92 Å². The molecule has 2 nitrogen and oxygen atoms in total. The Bertz CT molecular complexity index is 48.2. The van der Waals surface area contributed by atoms with Gasteiger partial charge in [-0.1, -0.05) is 6.92 Å². The van der Waals surface area contributed by atoms with Crippen LogP contribution in [0.3, 0.4) is 0 Å². The van der Waals surface area contributed by atoms with Crippen LogP contribution in [0.15, 0.2) is 0 Å². The van der Waals surface area contributed by atoms with E-state index in [0.717, 1.165) is 0 Å². The standard InChI is InChI=1S/C3H6O2.FH.Na/c1-2-3(4)5;;/h2H2,1H3,(H,4,5);1H;/q;;+1/p-1. The van der Waals surface area contributed by atoms with Crippen molar-refractivity contribution >= 4 is 5.97 Å². The first kappa shape index (κ1) is 15.7. The van der Waals surface area contributed by atoms with E-state index in [9.17, 15) is 9.90 Å². The van der Waals surface area contributed by atoms with Gasteiger partial charge in [-0.2, -0.15) is 0 Å². The fourth-order valence-electron chi connectivity index (χ4n) is 0. The molecule has 0 atom stereocenters. The molecule has 4 heteroatoms. The van der Waals surface area contributed by atoms with E-state index in [-0.39, 0.29) is 40.7 Å². The number of carbonyl (C=O) groups excluding carboxylic acids is 1. The minimum atomic E-state index is -0.995. The van der Waals surface area contributed by atoms with Crippen LogP contribution in [0.25, 0.3) is 0 Å². The summed E-state index contributed by atoms with van der Waals surface area (Å²) in [7, 11) is 0. The second-order valence-corrected chi connectivity index (χ2v) is 0.726. The van der Waals surface area contributed by atoms with Crippen LogP contribution in [0.5, 0.6) is 0 Å². The van der Waals surface area contributed by atoms with Gasteiger partial charge in [-0.05, 0) is 6.42 Å². The van der Waals surface area contributed by atoms with Crippen molar-refractivity contribution < 1.29 is 44.2 Å². The Morgan fingerprint density at radius 3 is 1.86 bits per heavy atom. The van der Waals surface area contributed by atoms with Gasteiger partial charge in [0.2, 0.25) is 0 Å². The molecule has 0 saturated carbocycles. The predicted molar refractivity (Wildman–Crippen MR) is 17.8 cm³/mol. The van der Waals surface area contributed by atoms with Crippen molar-refractivity contribution in [3.63, 3.8) is 0 Å². The minimum absolute atomic E-state index is 0. The van der Waals surface area contributed by atoms with Gasteiger partial charge in [0.25, 0.3) is 0 Å². The number of rotatable bonds is 1. The average Bonchev–Trinajstić information content (AvgIpc) is 1.38. The molecule has 38 valence electrons. The van der Waals surface area contributed by atoms with Crippen molar-refractivity contribution in [3.05, 3.63) is 0 Å². The Hall–Kier alpha value is 0.400. The normalized spacial score (nSPS) is 5.29. The van der Waals surface area contributed by atoms with Gasteiger partial charge in [-0.15, -0.1) is 0 Å². The van der Waals surface area contributed by atoms with Gasteiger partial charge >= 0.3 is 29.6 Å². The van der Waals surface area contributed by atoms with Gasteiger partial charge < -0.3 is 9.90 Å². The monoisotopic (exact) mass is 116 g/mol. The average molecular weight is 116 g/mol. The third-order valence-corrected chi connectivity index (χ3v) is 0.289. The van der Waals surface area contributed by atoms with Crippen molar-refractivity contribution in [2.24, 2.45) is 0 Å². The summed E-state index contributed by atoms with van der Waals surface area (Å²) in [6.45, 7) is 1.54. The molecule has 0 aromatic rings. The topological polar surface area (TPSA) is 40.1 Å². The molecular weight excluding hydrogens is 110 g/mol. The van der Waals surface area contributed by atoms with Crippen molar-refractivity contribution in [2.75, 3.05) is 0 Å². The zero-order chi connectivity index (χ0) is 4.28. The third kappa shape index (κ3) is 21.5. The zero-order valence-corrected chi connectivity index (χ0v) is 6.43. The van der Waals surface area contributed by atoms with Crippen LogP contribution < -0.4 is 34.7 Å². The molecule has 0 unspecified atom stereocenters. The van der Waals surface area contributed by atoms with E-state index >= 15 is 0 Å². The minimum Gasteiger partial charge on any atom is -0.550 e. The molecule has 0 aromatic heterocycles. The summed E-state index contributed by atoms with van der Waals surface area (Å²) < 4.78 is 0. The quantitative estimate of drug-likeness (QED) is 0.331. The summed E-state index contributed by atoms with van der Waals surface area (Å²) in [4.78, 5) is 9.26. The molecule has 7 heavy (non-hydrogen) atoms. The second kappa shape index (κ2) is 9.64. The molecule has 0 N–H and O–H groups in total. The molecule has 0 amide bonds. The number of carbonyl (C=O) groups is 1. The van der Waals surface area contributed by atoms with Crippen LogP contribution >= 0.6 is 0 Å². The van der Waals surface area contributed by atoms with Crippen LogP contribution in [-0.4, -0.2) is 5.97 Å². The first-order valence-electron chi connectivity index (χ1n) is 1.47. The van der Waals surface area contributed by atoms with Gasteiger partial charge in [0.05, 0.1) is 0 Å². The second-order valence-electron chi connectivity index (χ2n) is 0.726. The molecule has 0 aliphatic rings. The Labute approximate surface area is 63.6 Å². The van der Waals surface area contributed by atoms with Crippen molar-refractivity contribution in [1.82, 2.24) is 0 Å². The van der Waals surface area contributed by atoms with Gasteiger partial charge in [0.15, 0.2) is 0 Å². The van der Waals surface area contributed by atoms with Crippen molar-refractivity contribution in [3.8, 4) is 0 Å². The van der Waals surface area contributed by atoms with E-state index in [1.807, 2.05) is 0 Å². The fraction of sp³-hybridized carbons (Fsp3) is 0.667. The molecule has 0 saturated heterocycles. The van der Waals surface area contributed by atoms with E-state index in [0.29, 0.717) is 0 Å². The molecule has 0 aliphatic heterocycles. The van der Waals surface area contributed by atoms with Gasteiger partial charge in [0, 0.05) is 5.97 Å². The Morgan fingerprint density at radius 1 is 1.71 bits per heavy atom. The molecule has 0 aromatic carbocycles. The first-order chi connectivity index (χ1) is 2.27. The smallest absolute Gasteiger partial charge is 0.550 e. The molecule has 0 aliphatic carbocycles. The number of carboxylic acid groups (broad SMARTS) is 1. The van der Waals surface area contributed by atoms with Gasteiger partial charge in [-0.3, -0.25) is 4.70 Å². The van der Waals surface area contributed by atoms with Crippen LogP contribution in [0, 0.1) is 0 Å². The maximum Gasteiger partial charge on any atom is 1.00 e. The Kier molecular flexibility index (Phi) is 21.6. The molecule has 0 radical (unpaired) electrons. The molecule has 0 heterocycles. The number of hydrogen-bond acceptors (Lipinski definition) is 2. The molecule has 0 bridgehead atoms. The molecule has 0 rings (SSSR count). The number of aliphatic carboxylic acids is 1. The summed E-state index contributed by atoms with van der Waals surface area (Å²) in [5.74, 6) is -0.995. The largest absolute Gasteiger partial charge is 1.00 e. The van der Waals surface area contributed by atoms with E-state index in [2.05, 4.69) is 0 Å². The molecule has 0 spiro atoms. The fourth-order valence-corrected chi connectivity index (χ4v) is 0. The van der Waals surface area contributed by atoms with Crippen LogP contribution in [0.4, 0.5) is 4.70 Å². The van der Waals surface area contributed by atoms with E-state index in [4.69, 9.17) is 0 Å². The SMILES string of the molecule is CCC(=O)[O-].F.[Na+]. The molecule has 0 fully saturated rings. The van der Waals surface area contributed by atoms with E-state index in [1.54, 1.807) is 0 Å². The Balaban J connectivity index is -0.0000000800. The summed E-state index contributed by atoms with van der Waals surface area (Å²) in [6, 6.07) is 0. The third-order valence-electron chi connectivity index (χ3n) is 0.289. The predicted octanol–water partition coefficient (Wildman–Crippen LogP) is -3.70. The van der Waals surface area contributed by atoms with Crippen LogP contribution in [0.2, 0.25) is 0 Å². The maximum atomic E-state index is 9.26. The first-order valence-corrected chi connectivity index (χ1v) is 1.47. The molecular formula is C3H6FNaO2. The maximum absolute atomic E-state index is 9.26. The zero-order valence-electron chi connectivity index (χ0n) is 4.43. The summed E-state index contributed by atoms with van der Waals surface area (Å²) in [6.07, 6.45) is 0.111. The van der Waals surface area contributed by atoms with Crippen molar-refractivity contribution in [1.29, 1.82) is 0 Å². The van der Waals surface area contributed by atoms with Gasteiger partial charge in [-0.25, -0.2) is 0 Å². The van der Waals surface area contributed by atoms with Crippen molar-refractivity contribution in [2.45, 2.75) is 13.3 Å². The summed E-state index contributed by atoms with van der Waals surface area (Å²) in [5, 5.41) is 9.26. The number of carboxylic acids is 1. The Morgan fingerprint density at radius 2 is 1.86 bits per heavy atom. The van der Waals surface area contributed by atoms with Gasteiger partial charge in [0.1, 0.15) is 0 Å². The number of halogens is 1. The van der Waals surface area contributed by atoms with E-state index < -0.39 is 5.97 Å².